The number of halogens is 1. The van der Waals surface area contributed by atoms with Gasteiger partial charge in [-0.1, -0.05) is 6.92 Å². The Hall–Kier alpha value is -0.410. The van der Waals surface area contributed by atoms with Crippen LogP contribution in [0.2, 0.25) is 0 Å². The molecule has 1 unspecified atom stereocenters. The summed E-state index contributed by atoms with van der Waals surface area (Å²) in [5.74, 6) is 0.804. The van der Waals surface area contributed by atoms with E-state index in [9.17, 15) is 0 Å². The van der Waals surface area contributed by atoms with E-state index in [1.165, 1.54) is 15.6 Å². The zero-order chi connectivity index (χ0) is 15.0. The van der Waals surface area contributed by atoms with Crippen LogP contribution >= 0.6 is 35.3 Å². The van der Waals surface area contributed by atoms with Crippen molar-refractivity contribution in [3.8, 4) is 0 Å². The summed E-state index contributed by atoms with van der Waals surface area (Å²) in [7, 11) is 3.47. The van der Waals surface area contributed by atoms with E-state index < -0.39 is 0 Å². The fourth-order valence-electron chi connectivity index (χ4n) is 1.93. The van der Waals surface area contributed by atoms with E-state index in [4.69, 9.17) is 4.74 Å². The Kier molecular flexibility index (Phi) is 11.0. The molecule has 0 radical (unpaired) electrons. The molecule has 0 fully saturated rings. The molecule has 0 aliphatic carbocycles. The highest BCUT2D eigenvalue weighted by Gasteiger charge is 2.07. The van der Waals surface area contributed by atoms with Gasteiger partial charge in [-0.15, -0.1) is 35.3 Å². The van der Waals surface area contributed by atoms with Gasteiger partial charge < -0.3 is 15.4 Å². The number of methoxy groups -OCH3 is 1. The summed E-state index contributed by atoms with van der Waals surface area (Å²) in [6.07, 6.45) is 1.93. The maximum atomic E-state index is 5.10. The number of nitrogens with zero attached hydrogens (tertiary/aromatic N) is 2. The SMILES string of the molecule is CCc1nc(CCNC(=NC)NC(C)COC)sc1C.I. The molecule has 0 saturated heterocycles. The number of aliphatic imine (C=N–C) groups is 1. The van der Waals surface area contributed by atoms with E-state index >= 15 is 0 Å². The van der Waals surface area contributed by atoms with Crippen molar-refractivity contribution in [2.45, 2.75) is 39.7 Å². The predicted molar refractivity (Wildman–Crippen MR) is 101 cm³/mol. The average Bonchev–Trinajstić information content (AvgIpc) is 2.78. The highest BCUT2D eigenvalue weighted by atomic mass is 127. The van der Waals surface area contributed by atoms with Gasteiger partial charge in [0.25, 0.3) is 0 Å². The highest BCUT2D eigenvalue weighted by molar-refractivity contribution is 14.0. The molecule has 0 aliphatic heterocycles. The minimum Gasteiger partial charge on any atom is -0.383 e. The Morgan fingerprint density at radius 3 is 2.71 bits per heavy atom. The van der Waals surface area contributed by atoms with Crippen molar-refractivity contribution in [1.29, 1.82) is 0 Å². The van der Waals surface area contributed by atoms with Crippen LogP contribution < -0.4 is 10.6 Å². The number of aromatic nitrogens is 1. The van der Waals surface area contributed by atoms with Gasteiger partial charge in [0, 0.05) is 38.0 Å². The Labute approximate surface area is 149 Å². The first-order chi connectivity index (χ1) is 9.60. The largest absolute Gasteiger partial charge is 0.383 e. The Morgan fingerprint density at radius 2 is 2.19 bits per heavy atom. The van der Waals surface area contributed by atoms with Gasteiger partial charge in [0.1, 0.15) is 0 Å². The van der Waals surface area contributed by atoms with E-state index in [0.29, 0.717) is 6.61 Å². The molecule has 0 aliphatic rings. The highest BCUT2D eigenvalue weighted by Crippen LogP contribution is 2.17. The van der Waals surface area contributed by atoms with Crippen molar-refractivity contribution in [2.24, 2.45) is 4.99 Å². The van der Waals surface area contributed by atoms with Gasteiger partial charge in [-0.3, -0.25) is 4.99 Å². The molecule has 0 aromatic carbocycles. The average molecular weight is 426 g/mol. The van der Waals surface area contributed by atoms with Crippen LogP contribution in [-0.2, 0) is 17.6 Å². The molecule has 0 amide bonds. The van der Waals surface area contributed by atoms with E-state index in [2.05, 4.69) is 41.4 Å². The third-order valence-corrected chi connectivity index (χ3v) is 4.00. The van der Waals surface area contributed by atoms with Gasteiger partial charge in [-0.25, -0.2) is 4.98 Å². The minimum absolute atomic E-state index is 0. The van der Waals surface area contributed by atoms with Crippen molar-refractivity contribution < 1.29 is 4.74 Å². The first-order valence-electron chi connectivity index (χ1n) is 7.02. The monoisotopic (exact) mass is 426 g/mol. The van der Waals surface area contributed by atoms with Crippen LogP contribution in [0.3, 0.4) is 0 Å². The zero-order valence-corrected chi connectivity index (χ0v) is 16.7. The number of aryl methyl sites for hydroxylation is 2. The molecule has 0 spiro atoms. The number of hydrogen-bond donors (Lipinski definition) is 2. The minimum atomic E-state index is 0. The Morgan fingerprint density at radius 1 is 1.48 bits per heavy atom. The summed E-state index contributed by atoms with van der Waals surface area (Å²) in [6, 6.07) is 0.236. The third kappa shape index (κ3) is 7.42. The van der Waals surface area contributed by atoms with Crippen LogP contribution in [0.5, 0.6) is 0 Å². The van der Waals surface area contributed by atoms with Gasteiger partial charge in [0.15, 0.2) is 5.96 Å². The van der Waals surface area contributed by atoms with Crippen molar-refractivity contribution in [2.75, 3.05) is 27.3 Å². The number of rotatable bonds is 7. The fraction of sp³-hybridized carbons (Fsp3) is 0.714. The zero-order valence-electron chi connectivity index (χ0n) is 13.5. The lowest BCUT2D eigenvalue weighted by atomic mass is 10.3. The number of thiazole rings is 1. The van der Waals surface area contributed by atoms with E-state index in [0.717, 1.165) is 25.3 Å². The van der Waals surface area contributed by atoms with Crippen molar-refractivity contribution in [3.63, 3.8) is 0 Å². The molecule has 1 rings (SSSR count). The quantitative estimate of drug-likeness (QED) is 0.400. The van der Waals surface area contributed by atoms with Crippen LogP contribution in [0.4, 0.5) is 0 Å². The molecule has 21 heavy (non-hydrogen) atoms. The molecule has 7 heteroatoms. The summed E-state index contributed by atoms with van der Waals surface area (Å²) in [4.78, 5) is 10.2. The van der Waals surface area contributed by atoms with E-state index in [1.807, 2.05) is 0 Å². The topological polar surface area (TPSA) is 58.5 Å². The maximum Gasteiger partial charge on any atom is 0.191 e. The third-order valence-electron chi connectivity index (χ3n) is 2.93. The molecule has 5 nitrogen and oxygen atoms in total. The van der Waals surface area contributed by atoms with Gasteiger partial charge in [-0.05, 0) is 20.3 Å². The summed E-state index contributed by atoms with van der Waals surface area (Å²) in [5, 5.41) is 7.77. The van der Waals surface area contributed by atoms with Crippen molar-refractivity contribution in [3.05, 3.63) is 15.6 Å². The smallest absolute Gasteiger partial charge is 0.191 e. The van der Waals surface area contributed by atoms with Crippen LogP contribution in [0.1, 0.15) is 29.4 Å². The lowest BCUT2D eigenvalue weighted by Gasteiger charge is -2.16. The van der Waals surface area contributed by atoms with Crippen LogP contribution in [0.25, 0.3) is 0 Å². The summed E-state index contributed by atoms with van der Waals surface area (Å²) in [6.45, 7) is 7.84. The summed E-state index contributed by atoms with van der Waals surface area (Å²) < 4.78 is 5.10. The van der Waals surface area contributed by atoms with Gasteiger partial charge in [0.2, 0.25) is 0 Å². The second kappa shape index (κ2) is 11.2. The van der Waals surface area contributed by atoms with Crippen LogP contribution in [-0.4, -0.2) is 44.3 Å². The molecule has 2 N–H and O–H groups in total. The number of ether oxygens (including phenoxy) is 1. The standard InChI is InChI=1S/C14H26N4OS.HI/c1-6-12-11(3)20-13(18-12)7-8-16-14(15-4)17-10(2)9-19-5;/h10H,6-9H2,1-5H3,(H2,15,16,17);1H. The number of hydrogen-bond acceptors (Lipinski definition) is 4. The molecular formula is C14H27IN4OS. The molecule has 0 saturated carbocycles. The molecule has 1 aromatic heterocycles. The second-order valence-electron chi connectivity index (χ2n) is 4.71. The lowest BCUT2D eigenvalue weighted by molar-refractivity contribution is 0.179. The first kappa shape index (κ1) is 20.6. The molecule has 122 valence electrons. The normalized spacial score (nSPS) is 12.7. The van der Waals surface area contributed by atoms with Crippen molar-refractivity contribution in [1.82, 2.24) is 15.6 Å². The number of guanidine groups is 1. The van der Waals surface area contributed by atoms with Crippen LogP contribution in [0.15, 0.2) is 4.99 Å². The molecular weight excluding hydrogens is 399 g/mol. The summed E-state index contributed by atoms with van der Waals surface area (Å²) >= 11 is 1.79. The van der Waals surface area contributed by atoms with Crippen molar-refractivity contribution >= 4 is 41.3 Å². The summed E-state index contributed by atoms with van der Waals surface area (Å²) in [5.41, 5.74) is 1.22. The lowest BCUT2D eigenvalue weighted by Crippen LogP contribution is -2.44. The molecule has 1 atom stereocenters. The van der Waals surface area contributed by atoms with Gasteiger partial charge in [-0.2, -0.15) is 0 Å². The fourth-order valence-corrected chi connectivity index (χ4v) is 2.95. The van der Waals surface area contributed by atoms with Crippen LogP contribution in [0, 0.1) is 6.92 Å². The first-order valence-corrected chi connectivity index (χ1v) is 7.83. The maximum absolute atomic E-state index is 5.10. The van der Waals surface area contributed by atoms with Gasteiger partial charge >= 0.3 is 0 Å². The molecule has 1 heterocycles. The van der Waals surface area contributed by atoms with E-state index in [-0.39, 0.29) is 30.0 Å². The Bertz CT molecular complexity index is 437. The molecule has 1 aromatic rings. The number of nitrogens with one attached hydrogen (secondary N) is 2. The predicted octanol–water partition coefficient (Wildman–Crippen LogP) is 2.37. The molecule has 0 bridgehead atoms. The van der Waals surface area contributed by atoms with Gasteiger partial charge in [0.05, 0.1) is 17.3 Å². The second-order valence-corrected chi connectivity index (χ2v) is 6.00. The van der Waals surface area contributed by atoms with E-state index in [1.54, 1.807) is 25.5 Å². The Balaban J connectivity index is 0.00000400.